The summed E-state index contributed by atoms with van der Waals surface area (Å²) in [7, 11) is 0. The number of anilines is 2. The molecule has 5 heteroatoms. The largest absolute Gasteiger partial charge is 0.352 e. The van der Waals surface area contributed by atoms with E-state index in [0.717, 1.165) is 38.3 Å². The second-order valence-electron chi connectivity index (χ2n) is 4.59. The van der Waals surface area contributed by atoms with E-state index < -0.39 is 0 Å². The van der Waals surface area contributed by atoms with Crippen molar-refractivity contribution in [3.05, 3.63) is 52.5 Å². The van der Waals surface area contributed by atoms with E-state index in [-0.39, 0.29) is 0 Å². The van der Waals surface area contributed by atoms with Gasteiger partial charge in [0.05, 0.1) is 22.6 Å². The number of aromatic nitrogens is 3. The summed E-state index contributed by atoms with van der Waals surface area (Å²) in [5, 5.41) is 3.38. The fourth-order valence-corrected chi connectivity index (χ4v) is 2.39. The summed E-state index contributed by atoms with van der Waals surface area (Å²) in [4.78, 5) is 13.2. The number of hydrogen-bond donors (Lipinski definition) is 1. The molecule has 0 amide bonds. The van der Waals surface area contributed by atoms with Gasteiger partial charge in [0.2, 0.25) is 0 Å². The van der Waals surface area contributed by atoms with Crippen molar-refractivity contribution in [1.29, 1.82) is 0 Å². The number of hydrogen-bond acceptors (Lipinski definition) is 4. The monoisotopic (exact) mass is 328 g/mol. The van der Waals surface area contributed by atoms with Crippen molar-refractivity contribution in [2.24, 2.45) is 0 Å². The highest BCUT2D eigenvalue weighted by Crippen LogP contribution is 2.26. The number of pyridine rings is 3. The van der Waals surface area contributed by atoms with Gasteiger partial charge in [0.15, 0.2) is 0 Å². The molecule has 0 atom stereocenters. The standard InChI is InChI=1S/C15H13BrN4/c1-9-3-4-12(10(2)19-9)20-13-5-6-17-14-7-11(16)8-18-15(13)14/h3-8H,1-2H3,(H,17,20). The van der Waals surface area contributed by atoms with E-state index in [1.54, 1.807) is 12.4 Å². The lowest BCUT2D eigenvalue weighted by Crippen LogP contribution is -1.98. The van der Waals surface area contributed by atoms with E-state index in [0.29, 0.717) is 0 Å². The lowest BCUT2D eigenvalue weighted by atomic mass is 10.2. The van der Waals surface area contributed by atoms with Crippen LogP contribution >= 0.6 is 15.9 Å². The van der Waals surface area contributed by atoms with Crippen molar-refractivity contribution < 1.29 is 0 Å². The average Bonchev–Trinajstić information content (AvgIpc) is 2.41. The summed E-state index contributed by atoms with van der Waals surface area (Å²) in [6.45, 7) is 3.97. The molecule has 0 saturated carbocycles. The number of fused-ring (bicyclic) bond motifs is 1. The third-order valence-corrected chi connectivity index (χ3v) is 3.47. The van der Waals surface area contributed by atoms with Crippen LogP contribution in [0.25, 0.3) is 11.0 Å². The number of rotatable bonds is 2. The van der Waals surface area contributed by atoms with Crippen LogP contribution in [-0.4, -0.2) is 15.0 Å². The first-order chi connectivity index (χ1) is 9.63. The first-order valence-electron chi connectivity index (χ1n) is 6.25. The highest BCUT2D eigenvalue weighted by atomic mass is 79.9. The van der Waals surface area contributed by atoms with E-state index in [4.69, 9.17) is 0 Å². The molecule has 4 nitrogen and oxygen atoms in total. The highest BCUT2D eigenvalue weighted by molar-refractivity contribution is 9.10. The minimum atomic E-state index is 0.843. The van der Waals surface area contributed by atoms with Crippen molar-refractivity contribution >= 4 is 38.3 Å². The molecule has 0 saturated heterocycles. The molecule has 0 spiro atoms. The van der Waals surface area contributed by atoms with Crippen LogP contribution in [0.4, 0.5) is 11.4 Å². The molecule has 0 aliphatic carbocycles. The van der Waals surface area contributed by atoms with Crippen LogP contribution in [-0.2, 0) is 0 Å². The summed E-state index contributed by atoms with van der Waals surface area (Å²) < 4.78 is 0.919. The van der Waals surface area contributed by atoms with E-state index >= 15 is 0 Å². The Bertz CT molecular complexity index is 786. The number of nitrogens with one attached hydrogen (secondary N) is 1. The Kier molecular flexibility index (Phi) is 3.36. The van der Waals surface area contributed by atoms with Gasteiger partial charge in [-0.05, 0) is 54.0 Å². The first kappa shape index (κ1) is 13.0. The molecule has 0 aliphatic heterocycles. The maximum Gasteiger partial charge on any atom is 0.112 e. The van der Waals surface area contributed by atoms with E-state index in [2.05, 4.69) is 36.2 Å². The van der Waals surface area contributed by atoms with Crippen LogP contribution < -0.4 is 5.32 Å². The number of nitrogens with zero attached hydrogens (tertiary/aromatic N) is 3. The molecule has 3 heterocycles. The van der Waals surface area contributed by atoms with Gasteiger partial charge in [-0.1, -0.05) is 0 Å². The lowest BCUT2D eigenvalue weighted by Gasteiger charge is -2.11. The molecular weight excluding hydrogens is 316 g/mol. The summed E-state index contributed by atoms with van der Waals surface area (Å²) in [6, 6.07) is 7.89. The fraction of sp³-hybridized carbons (Fsp3) is 0.133. The average molecular weight is 329 g/mol. The topological polar surface area (TPSA) is 50.7 Å². The van der Waals surface area contributed by atoms with Gasteiger partial charge in [-0.15, -0.1) is 0 Å². The van der Waals surface area contributed by atoms with Crippen LogP contribution in [0.3, 0.4) is 0 Å². The summed E-state index contributed by atoms with van der Waals surface area (Å²) in [5.41, 5.74) is 5.57. The smallest absolute Gasteiger partial charge is 0.112 e. The van der Waals surface area contributed by atoms with E-state index in [9.17, 15) is 0 Å². The molecule has 0 fully saturated rings. The number of aryl methyl sites for hydroxylation is 2. The Balaban J connectivity index is 2.06. The van der Waals surface area contributed by atoms with Crippen LogP contribution in [0.2, 0.25) is 0 Å². The summed E-state index contributed by atoms with van der Waals surface area (Å²) in [6.07, 6.45) is 3.55. The first-order valence-corrected chi connectivity index (χ1v) is 7.04. The molecule has 0 bridgehead atoms. The Hall–Kier alpha value is -2.01. The summed E-state index contributed by atoms with van der Waals surface area (Å²) >= 11 is 3.41. The molecule has 100 valence electrons. The quantitative estimate of drug-likeness (QED) is 0.767. The molecular formula is C15H13BrN4. The molecule has 1 N–H and O–H groups in total. The van der Waals surface area contributed by atoms with Gasteiger partial charge in [-0.25, -0.2) is 0 Å². The second-order valence-corrected chi connectivity index (χ2v) is 5.51. The van der Waals surface area contributed by atoms with Gasteiger partial charge in [-0.3, -0.25) is 15.0 Å². The molecule has 0 aromatic carbocycles. The molecule has 3 aromatic heterocycles. The van der Waals surface area contributed by atoms with Crippen molar-refractivity contribution in [2.45, 2.75) is 13.8 Å². The third-order valence-electron chi connectivity index (χ3n) is 3.04. The normalized spacial score (nSPS) is 10.8. The lowest BCUT2D eigenvalue weighted by molar-refractivity contribution is 1.12. The fourth-order valence-electron chi connectivity index (χ4n) is 2.07. The minimum absolute atomic E-state index is 0.843. The molecule has 20 heavy (non-hydrogen) atoms. The molecule has 0 radical (unpaired) electrons. The van der Waals surface area contributed by atoms with Crippen LogP contribution in [0.15, 0.2) is 41.1 Å². The second kappa shape index (κ2) is 5.17. The van der Waals surface area contributed by atoms with Gasteiger partial charge in [0, 0.05) is 22.6 Å². The maximum atomic E-state index is 4.46. The zero-order valence-corrected chi connectivity index (χ0v) is 12.8. The van der Waals surface area contributed by atoms with Crippen molar-refractivity contribution in [3.63, 3.8) is 0 Å². The molecule has 0 unspecified atom stereocenters. The van der Waals surface area contributed by atoms with Crippen LogP contribution in [0.1, 0.15) is 11.4 Å². The predicted octanol–water partition coefficient (Wildman–Crippen LogP) is 4.15. The van der Waals surface area contributed by atoms with Gasteiger partial charge in [0.25, 0.3) is 0 Å². The third kappa shape index (κ3) is 2.49. The SMILES string of the molecule is Cc1ccc(Nc2ccnc3cc(Br)cnc23)c(C)n1. The van der Waals surface area contributed by atoms with E-state index in [1.807, 2.05) is 38.1 Å². The van der Waals surface area contributed by atoms with Crippen molar-refractivity contribution in [1.82, 2.24) is 15.0 Å². The van der Waals surface area contributed by atoms with Crippen molar-refractivity contribution in [2.75, 3.05) is 5.32 Å². The zero-order valence-electron chi connectivity index (χ0n) is 11.2. The van der Waals surface area contributed by atoms with Gasteiger partial charge < -0.3 is 5.32 Å². The predicted molar refractivity (Wildman–Crippen MR) is 84.2 cm³/mol. The Morgan fingerprint density at radius 3 is 2.70 bits per heavy atom. The minimum Gasteiger partial charge on any atom is -0.352 e. The number of halogens is 1. The summed E-state index contributed by atoms with van der Waals surface area (Å²) in [5.74, 6) is 0. The van der Waals surface area contributed by atoms with Crippen molar-refractivity contribution in [3.8, 4) is 0 Å². The van der Waals surface area contributed by atoms with E-state index in [1.165, 1.54) is 0 Å². The molecule has 3 aromatic rings. The van der Waals surface area contributed by atoms with Gasteiger partial charge >= 0.3 is 0 Å². The maximum absolute atomic E-state index is 4.46. The Labute approximate surface area is 125 Å². The van der Waals surface area contributed by atoms with Gasteiger partial charge in [0.1, 0.15) is 5.52 Å². The highest BCUT2D eigenvalue weighted by Gasteiger charge is 2.06. The van der Waals surface area contributed by atoms with Gasteiger partial charge in [-0.2, -0.15) is 0 Å². The van der Waals surface area contributed by atoms with Crippen LogP contribution in [0.5, 0.6) is 0 Å². The molecule has 0 aliphatic rings. The zero-order chi connectivity index (χ0) is 14.1. The molecule has 3 rings (SSSR count). The Morgan fingerprint density at radius 1 is 1.05 bits per heavy atom. The Morgan fingerprint density at radius 2 is 1.90 bits per heavy atom. The van der Waals surface area contributed by atoms with Crippen LogP contribution in [0, 0.1) is 13.8 Å².